The maximum Gasteiger partial charge on any atom is 0.242 e. The Morgan fingerprint density at radius 3 is 2.42 bits per heavy atom. The monoisotopic (exact) mass is 339 g/mol. The molecule has 0 atom stereocenters. The van der Waals surface area contributed by atoms with Gasteiger partial charge >= 0.3 is 0 Å². The summed E-state index contributed by atoms with van der Waals surface area (Å²) in [7, 11) is 0. The Kier molecular flexibility index (Phi) is 5.18. The summed E-state index contributed by atoms with van der Waals surface area (Å²) < 4.78 is 1.11. The number of hydrogen-bond acceptors (Lipinski definition) is 4. The zero-order valence-electron chi connectivity index (χ0n) is 13.0. The minimum Gasteiger partial charge on any atom is -0.273 e. The smallest absolute Gasteiger partial charge is 0.242 e. The summed E-state index contributed by atoms with van der Waals surface area (Å²) in [5, 5.41) is 0.918. The van der Waals surface area contributed by atoms with Crippen LogP contribution in [0.25, 0.3) is 10.2 Å². The van der Waals surface area contributed by atoms with E-state index in [1.54, 1.807) is 11.3 Å². The third-order valence-corrected chi connectivity index (χ3v) is 4.55. The van der Waals surface area contributed by atoms with Gasteiger partial charge in [0, 0.05) is 12.8 Å². The Morgan fingerprint density at radius 1 is 0.917 bits per heavy atom. The number of rotatable bonds is 5. The molecule has 1 aromatic heterocycles. The number of aromatic nitrogens is 1. The second kappa shape index (κ2) is 7.70. The molecule has 2 amide bonds. The highest BCUT2D eigenvalue weighted by Gasteiger charge is 2.08. The Balaban J connectivity index is 1.43. The average Bonchev–Trinajstić information content (AvgIpc) is 3.02. The molecule has 2 aromatic carbocycles. The van der Waals surface area contributed by atoms with Gasteiger partial charge in [0.25, 0.3) is 0 Å². The predicted molar refractivity (Wildman–Crippen MR) is 94.4 cm³/mol. The third-order valence-electron chi connectivity index (χ3n) is 3.45. The molecular weight excluding hydrogens is 322 g/mol. The van der Waals surface area contributed by atoms with Crippen molar-refractivity contribution >= 4 is 33.4 Å². The van der Waals surface area contributed by atoms with Crippen LogP contribution in [0, 0.1) is 0 Å². The van der Waals surface area contributed by atoms with E-state index in [0.29, 0.717) is 6.42 Å². The molecule has 0 aliphatic heterocycles. The van der Waals surface area contributed by atoms with Crippen molar-refractivity contribution < 1.29 is 9.59 Å². The molecule has 0 unspecified atom stereocenters. The topological polar surface area (TPSA) is 71.1 Å². The molecule has 3 rings (SSSR count). The number of para-hydroxylation sites is 1. The molecule has 0 aliphatic carbocycles. The molecule has 0 aliphatic rings. The van der Waals surface area contributed by atoms with Crippen LogP contribution in [-0.2, 0) is 22.4 Å². The molecule has 3 aromatic rings. The van der Waals surface area contributed by atoms with E-state index in [4.69, 9.17) is 0 Å². The number of carbonyl (C=O) groups excluding carboxylic acids is 2. The number of fused-ring (bicyclic) bond motifs is 1. The van der Waals surface area contributed by atoms with Crippen LogP contribution >= 0.6 is 11.3 Å². The molecule has 0 spiro atoms. The second-order valence-corrected chi connectivity index (χ2v) is 6.45. The summed E-state index contributed by atoms with van der Waals surface area (Å²) in [5.74, 6) is -0.467. The van der Waals surface area contributed by atoms with E-state index in [-0.39, 0.29) is 24.7 Å². The van der Waals surface area contributed by atoms with E-state index in [0.717, 1.165) is 20.8 Å². The average molecular weight is 339 g/mol. The molecule has 1 heterocycles. The van der Waals surface area contributed by atoms with Crippen LogP contribution in [0.3, 0.4) is 0 Å². The van der Waals surface area contributed by atoms with Crippen molar-refractivity contribution in [1.29, 1.82) is 0 Å². The Bertz CT molecular complexity index is 813. The van der Waals surface area contributed by atoms with Crippen LogP contribution < -0.4 is 10.9 Å². The minimum absolute atomic E-state index is 0.226. The molecule has 2 N–H and O–H groups in total. The highest BCUT2D eigenvalue weighted by molar-refractivity contribution is 7.18. The third kappa shape index (κ3) is 4.39. The molecule has 24 heavy (non-hydrogen) atoms. The van der Waals surface area contributed by atoms with Gasteiger partial charge in [-0.2, -0.15) is 0 Å². The van der Waals surface area contributed by atoms with Gasteiger partial charge in [0.15, 0.2) is 0 Å². The first kappa shape index (κ1) is 16.1. The summed E-state index contributed by atoms with van der Waals surface area (Å²) >= 11 is 1.59. The fraction of sp³-hybridized carbons (Fsp3) is 0.167. The number of carbonyl (C=O) groups is 2. The first-order chi connectivity index (χ1) is 11.7. The maximum absolute atomic E-state index is 11.8. The Hall–Kier alpha value is -2.73. The van der Waals surface area contributed by atoms with Crippen molar-refractivity contribution in [2.75, 3.05) is 0 Å². The largest absolute Gasteiger partial charge is 0.273 e. The van der Waals surface area contributed by atoms with Crippen LogP contribution in [-0.4, -0.2) is 16.8 Å². The van der Waals surface area contributed by atoms with E-state index < -0.39 is 0 Å². The molecule has 0 fully saturated rings. The van der Waals surface area contributed by atoms with E-state index in [2.05, 4.69) is 15.8 Å². The Morgan fingerprint density at radius 2 is 1.62 bits per heavy atom. The van der Waals surface area contributed by atoms with E-state index in [1.807, 2.05) is 54.6 Å². The number of thiazole rings is 1. The molecule has 6 heteroatoms. The lowest BCUT2D eigenvalue weighted by atomic mass is 10.1. The highest BCUT2D eigenvalue weighted by Crippen LogP contribution is 2.22. The fourth-order valence-electron chi connectivity index (χ4n) is 2.27. The van der Waals surface area contributed by atoms with E-state index in [1.165, 1.54) is 0 Å². The van der Waals surface area contributed by atoms with Crippen LogP contribution in [0.4, 0.5) is 0 Å². The molecular formula is C18H17N3O2S. The normalized spacial score (nSPS) is 10.5. The molecule has 0 saturated carbocycles. The van der Waals surface area contributed by atoms with Crippen LogP contribution in [0.5, 0.6) is 0 Å². The van der Waals surface area contributed by atoms with Crippen molar-refractivity contribution in [3.8, 4) is 0 Å². The number of hydrazine groups is 1. The van der Waals surface area contributed by atoms with Gasteiger partial charge in [-0.15, -0.1) is 11.3 Å². The number of nitrogens with one attached hydrogen (secondary N) is 2. The summed E-state index contributed by atoms with van der Waals surface area (Å²) in [5.41, 5.74) is 6.74. The van der Waals surface area contributed by atoms with Gasteiger partial charge in [-0.05, 0) is 17.7 Å². The van der Waals surface area contributed by atoms with Gasteiger partial charge in [-0.3, -0.25) is 20.4 Å². The van der Waals surface area contributed by atoms with Gasteiger partial charge in [-0.1, -0.05) is 42.5 Å². The van der Waals surface area contributed by atoms with E-state index in [9.17, 15) is 9.59 Å². The van der Waals surface area contributed by atoms with E-state index >= 15 is 0 Å². The first-order valence-corrected chi connectivity index (χ1v) is 8.48. The zero-order valence-corrected chi connectivity index (χ0v) is 13.8. The summed E-state index contributed by atoms with van der Waals surface area (Å²) in [6.07, 6.45) is 1.07. The van der Waals surface area contributed by atoms with Crippen LogP contribution in [0.1, 0.15) is 17.0 Å². The minimum atomic E-state index is -0.241. The van der Waals surface area contributed by atoms with Gasteiger partial charge in [0.2, 0.25) is 11.8 Å². The zero-order chi connectivity index (χ0) is 16.8. The number of aryl methyl sites for hydroxylation is 1. The molecule has 5 nitrogen and oxygen atoms in total. The lowest BCUT2D eigenvalue weighted by Crippen LogP contribution is -2.42. The summed E-state index contributed by atoms with van der Waals surface area (Å²) in [6.45, 7) is 0. The van der Waals surface area contributed by atoms with Gasteiger partial charge in [0.05, 0.1) is 21.6 Å². The number of amides is 2. The lowest BCUT2D eigenvalue weighted by molar-refractivity contribution is -0.128. The fourth-order valence-corrected chi connectivity index (χ4v) is 3.24. The second-order valence-electron chi connectivity index (χ2n) is 5.33. The summed E-state index contributed by atoms with van der Waals surface area (Å²) in [6, 6.07) is 17.3. The Labute approximate surface area is 143 Å². The van der Waals surface area contributed by atoms with Crippen molar-refractivity contribution in [2.45, 2.75) is 19.3 Å². The predicted octanol–water partition coefficient (Wildman–Crippen LogP) is 2.62. The maximum atomic E-state index is 11.8. The van der Waals surface area contributed by atoms with Crippen molar-refractivity contribution in [3.63, 3.8) is 0 Å². The van der Waals surface area contributed by atoms with Crippen molar-refractivity contribution in [3.05, 3.63) is 65.2 Å². The SMILES string of the molecule is O=C(CCc1nc2ccccc2s1)NNC(=O)Cc1ccccc1. The number of nitrogens with zero attached hydrogens (tertiary/aromatic N) is 1. The van der Waals surface area contributed by atoms with Crippen molar-refractivity contribution in [2.24, 2.45) is 0 Å². The van der Waals surface area contributed by atoms with Crippen LogP contribution in [0.15, 0.2) is 54.6 Å². The highest BCUT2D eigenvalue weighted by atomic mass is 32.1. The standard InChI is InChI=1S/C18H17N3O2S/c22-16(20-21-17(23)12-13-6-2-1-3-7-13)10-11-18-19-14-8-4-5-9-15(14)24-18/h1-9H,10-12H2,(H,20,22)(H,21,23). The quantitative estimate of drug-likeness (QED) is 0.702. The molecule has 122 valence electrons. The number of benzene rings is 2. The first-order valence-electron chi connectivity index (χ1n) is 7.67. The van der Waals surface area contributed by atoms with Crippen LogP contribution in [0.2, 0.25) is 0 Å². The van der Waals surface area contributed by atoms with Gasteiger partial charge in [0.1, 0.15) is 0 Å². The lowest BCUT2D eigenvalue weighted by Gasteiger charge is -2.06. The number of hydrogen-bond donors (Lipinski definition) is 2. The summed E-state index contributed by atoms with van der Waals surface area (Å²) in [4.78, 5) is 28.1. The van der Waals surface area contributed by atoms with Gasteiger partial charge in [-0.25, -0.2) is 4.98 Å². The molecule has 0 saturated heterocycles. The molecule has 0 bridgehead atoms. The molecule has 0 radical (unpaired) electrons. The van der Waals surface area contributed by atoms with Gasteiger partial charge < -0.3 is 0 Å². The van der Waals surface area contributed by atoms with Crippen molar-refractivity contribution in [1.82, 2.24) is 15.8 Å².